The van der Waals surface area contributed by atoms with E-state index in [1.54, 1.807) is 0 Å². The van der Waals surface area contributed by atoms with E-state index in [1.165, 1.54) is 12.8 Å². The van der Waals surface area contributed by atoms with Gasteiger partial charge in [0, 0.05) is 13.2 Å². The molecular weight excluding hydrogens is 136 g/mol. The van der Waals surface area contributed by atoms with Crippen LogP contribution < -0.4 is 0 Å². The molecule has 68 valence electrons. The number of rotatable bonds is 6. The third-order valence-electron chi connectivity index (χ3n) is 2.11. The highest BCUT2D eigenvalue weighted by atomic mass is 16.5. The quantitative estimate of drug-likeness (QED) is 0.577. The Kier molecular flexibility index (Phi) is 6.63. The molecule has 0 radical (unpaired) electrons. The lowest BCUT2D eigenvalue weighted by Crippen LogP contribution is -2.09. The van der Waals surface area contributed by atoms with Crippen LogP contribution in [0.4, 0.5) is 0 Å². The molecule has 0 aromatic carbocycles. The monoisotopic (exact) mass is 158 g/mol. The van der Waals surface area contributed by atoms with Gasteiger partial charge in [0.1, 0.15) is 0 Å². The maximum absolute atomic E-state index is 5.34. The van der Waals surface area contributed by atoms with Crippen molar-refractivity contribution in [2.75, 3.05) is 13.2 Å². The van der Waals surface area contributed by atoms with Gasteiger partial charge in [-0.2, -0.15) is 0 Å². The molecule has 0 spiro atoms. The maximum atomic E-state index is 5.34. The van der Waals surface area contributed by atoms with Gasteiger partial charge in [0.25, 0.3) is 0 Å². The molecule has 0 aromatic heterocycles. The van der Waals surface area contributed by atoms with Crippen molar-refractivity contribution in [3.8, 4) is 0 Å². The van der Waals surface area contributed by atoms with Crippen molar-refractivity contribution in [3.05, 3.63) is 0 Å². The number of hydrogen-bond acceptors (Lipinski definition) is 1. The van der Waals surface area contributed by atoms with Crippen LogP contribution >= 0.6 is 0 Å². The lowest BCUT2D eigenvalue weighted by Gasteiger charge is -2.15. The molecule has 0 bridgehead atoms. The SMILES string of the molecule is CCOCC(C)CC(C)CC. The molecule has 0 aliphatic heterocycles. The van der Waals surface area contributed by atoms with Crippen LogP contribution in [-0.4, -0.2) is 13.2 Å². The molecule has 0 aromatic rings. The van der Waals surface area contributed by atoms with Crippen molar-refractivity contribution in [2.45, 2.75) is 40.5 Å². The van der Waals surface area contributed by atoms with Crippen LogP contribution in [0.5, 0.6) is 0 Å². The van der Waals surface area contributed by atoms with E-state index in [0.717, 1.165) is 25.0 Å². The van der Waals surface area contributed by atoms with Gasteiger partial charge in [-0.1, -0.05) is 27.2 Å². The lowest BCUT2D eigenvalue weighted by atomic mass is 9.96. The first kappa shape index (κ1) is 11.0. The summed E-state index contributed by atoms with van der Waals surface area (Å²) in [6.07, 6.45) is 2.59. The zero-order valence-corrected chi connectivity index (χ0v) is 8.39. The Labute approximate surface area is 71.1 Å². The molecule has 0 aliphatic carbocycles. The van der Waals surface area contributed by atoms with Gasteiger partial charge in [-0.3, -0.25) is 0 Å². The topological polar surface area (TPSA) is 9.23 Å². The standard InChI is InChI=1S/C10H22O/c1-5-9(3)7-10(4)8-11-6-2/h9-10H,5-8H2,1-4H3. The average molecular weight is 158 g/mol. The summed E-state index contributed by atoms with van der Waals surface area (Å²) in [5, 5.41) is 0. The second kappa shape index (κ2) is 6.66. The minimum absolute atomic E-state index is 0.727. The van der Waals surface area contributed by atoms with Gasteiger partial charge in [0.15, 0.2) is 0 Å². The van der Waals surface area contributed by atoms with Crippen molar-refractivity contribution in [1.82, 2.24) is 0 Å². The zero-order chi connectivity index (χ0) is 8.69. The first-order chi connectivity index (χ1) is 5.20. The first-order valence-electron chi connectivity index (χ1n) is 4.78. The van der Waals surface area contributed by atoms with Gasteiger partial charge in [-0.25, -0.2) is 0 Å². The smallest absolute Gasteiger partial charge is 0.0491 e. The Morgan fingerprint density at radius 2 is 1.73 bits per heavy atom. The summed E-state index contributed by atoms with van der Waals surface area (Å²) in [5.74, 6) is 1.58. The Bertz CT molecular complexity index is 80.9. The number of ether oxygens (including phenoxy) is 1. The second-order valence-corrected chi connectivity index (χ2v) is 3.51. The third kappa shape index (κ3) is 6.36. The second-order valence-electron chi connectivity index (χ2n) is 3.51. The van der Waals surface area contributed by atoms with Crippen LogP contribution in [-0.2, 0) is 4.74 Å². The molecule has 0 rings (SSSR count). The van der Waals surface area contributed by atoms with Crippen molar-refractivity contribution in [1.29, 1.82) is 0 Å². The van der Waals surface area contributed by atoms with E-state index < -0.39 is 0 Å². The zero-order valence-electron chi connectivity index (χ0n) is 8.39. The molecule has 0 aliphatic rings. The van der Waals surface area contributed by atoms with Crippen molar-refractivity contribution >= 4 is 0 Å². The summed E-state index contributed by atoms with van der Waals surface area (Å²) in [5.41, 5.74) is 0. The Morgan fingerprint density at radius 1 is 1.09 bits per heavy atom. The highest BCUT2D eigenvalue weighted by molar-refractivity contribution is 4.56. The molecule has 0 saturated heterocycles. The van der Waals surface area contributed by atoms with Crippen LogP contribution in [0.15, 0.2) is 0 Å². The summed E-state index contributed by atoms with van der Waals surface area (Å²) >= 11 is 0. The van der Waals surface area contributed by atoms with Gasteiger partial charge in [0.2, 0.25) is 0 Å². The van der Waals surface area contributed by atoms with Crippen LogP contribution in [0.3, 0.4) is 0 Å². The molecule has 2 atom stereocenters. The molecule has 0 heterocycles. The average Bonchev–Trinajstić information content (AvgIpc) is 2.00. The summed E-state index contributed by atoms with van der Waals surface area (Å²) < 4.78 is 5.34. The normalized spacial score (nSPS) is 16.4. The van der Waals surface area contributed by atoms with Crippen LogP contribution in [0.25, 0.3) is 0 Å². The van der Waals surface area contributed by atoms with E-state index in [-0.39, 0.29) is 0 Å². The molecule has 0 fully saturated rings. The molecule has 2 unspecified atom stereocenters. The van der Waals surface area contributed by atoms with Crippen LogP contribution in [0, 0.1) is 11.8 Å². The predicted octanol–water partition coefficient (Wildman–Crippen LogP) is 3.10. The minimum Gasteiger partial charge on any atom is -0.381 e. The minimum atomic E-state index is 0.727. The van der Waals surface area contributed by atoms with E-state index >= 15 is 0 Å². The third-order valence-corrected chi connectivity index (χ3v) is 2.11. The summed E-state index contributed by atoms with van der Waals surface area (Å²) in [6, 6.07) is 0. The molecule has 11 heavy (non-hydrogen) atoms. The largest absolute Gasteiger partial charge is 0.381 e. The van der Waals surface area contributed by atoms with Crippen LogP contribution in [0.2, 0.25) is 0 Å². The van der Waals surface area contributed by atoms with E-state index in [4.69, 9.17) is 4.74 Å². The van der Waals surface area contributed by atoms with Crippen molar-refractivity contribution < 1.29 is 4.74 Å². The van der Waals surface area contributed by atoms with Crippen molar-refractivity contribution in [2.24, 2.45) is 11.8 Å². The van der Waals surface area contributed by atoms with Crippen molar-refractivity contribution in [3.63, 3.8) is 0 Å². The summed E-state index contributed by atoms with van der Waals surface area (Å²) in [6.45, 7) is 10.7. The van der Waals surface area contributed by atoms with Gasteiger partial charge < -0.3 is 4.74 Å². The first-order valence-corrected chi connectivity index (χ1v) is 4.78. The summed E-state index contributed by atoms with van der Waals surface area (Å²) in [4.78, 5) is 0. The van der Waals surface area contributed by atoms with E-state index in [9.17, 15) is 0 Å². The van der Waals surface area contributed by atoms with E-state index in [0.29, 0.717) is 0 Å². The lowest BCUT2D eigenvalue weighted by molar-refractivity contribution is 0.107. The molecule has 1 heteroatoms. The molecule has 0 saturated carbocycles. The Morgan fingerprint density at radius 3 is 2.18 bits per heavy atom. The summed E-state index contributed by atoms with van der Waals surface area (Å²) in [7, 11) is 0. The van der Waals surface area contributed by atoms with Gasteiger partial charge in [-0.05, 0) is 25.2 Å². The fraction of sp³-hybridized carbons (Fsp3) is 1.00. The van der Waals surface area contributed by atoms with E-state index in [2.05, 4.69) is 27.7 Å². The van der Waals surface area contributed by atoms with Crippen LogP contribution in [0.1, 0.15) is 40.5 Å². The fourth-order valence-corrected chi connectivity index (χ4v) is 1.24. The fourth-order valence-electron chi connectivity index (χ4n) is 1.24. The predicted molar refractivity (Wildman–Crippen MR) is 49.7 cm³/mol. The Balaban J connectivity index is 3.27. The molecule has 0 N–H and O–H groups in total. The highest BCUT2D eigenvalue weighted by Crippen LogP contribution is 2.14. The Hall–Kier alpha value is -0.0400. The van der Waals surface area contributed by atoms with Gasteiger partial charge in [-0.15, -0.1) is 0 Å². The van der Waals surface area contributed by atoms with Gasteiger partial charge >= 0.3 is 0 Å². The molecule has 1 nitrogen and oxygen atoms in total. The van der Waals surface area contributed by atoms with E-state index in [1.807, 2.05) is 0 Å². The maximum Gasteiger partial charge on any atom is 0.0491 e. The molecular formula is C10H22O. The highest BCUT2D eigenvalue weighted by Gasteiger charge is 2.06. The van der Waals surface area contributed by atoms with Gasteiger partial charge in [0.05, 0.1) is 0 Å². The number of hydrogen-bond donors (Lipinski definition) is 0. The molecule has 0 amide bonds.